The Morgan fingerprint density at radius 2 is 2.18 bits per heavy atom. The summed E-state index contributed by atoms with van der Waals surface area (Å²) in [4.78, 5) is 0. The maximum atomic E-state index is 11.8. The molecule has 17 heavy (non-hydrogen) atoms. The zero-order valence-electron chi connectivity index (χ0n) is 10.3. The highest BCUT2D eigenvalue weighted by Crippen LogP contribution is 2.09. The van der Waals surface area contributed by atoms with Gasteiger partial charge in [0.05, 0.1) is 25.1 Å². The monoisotopic (exact) mass is 266 g/mol. The summed E-state index contributed by atoms with van der Waals surface area (Å²) >= 11 is 0. The fraction of sp³-hybridized carbons (Fsp3) is 1.00. The molecule has 0 saturated carbocycles. The fourth-order valence-electron chi connectivity index (χ4n) is 1.70. The van der Waals surface area contributed by atoms with Gasteiger partial charge in [0.15, 0.2) is 0 Å². The summed E-state index contributed by atoms with van der Waals surface area (Å²) in [6.45, 7) is 3.17. The van der Waals surface area contributed by atoms with Crippen LogP contribution in [0.2, 0.25) is 0 Å². The summed E-state index contributed by atoms with van der Waals surface area (Å²) in [7, 11) is -1.60. The van der Waals surface area contributed by atoms with Crippen molar-refractivity contribution in [3.8, 4) is 0 Å². The number of rotatable bonds is 8. The minimum atomic E-state index is -3.20. The van der Waals surface area contributed by atoms with Crippen LogP contribution in [0.1, 0.15) is 12.8 Å². The molecule has 0 bridgehead atoms. The van der Waals surface area contributed by atoms with Gasteiger partial charge in [0, 0.05) is 20.2 Å². The van der Waals surface area contributed by atoms with Crippen LogP contribution in [0.15, 0.2) is 0 Å². The summed E-state index contributed by atoms with van der Waals surface area (Å²) in [5, 5.41) is 2.78. The molecule has 1 aliphatic rings. The third-order valence-electron chi connectivity index (χ3n) is 2.67. The van der Waals surface area contributed by atoms with Gasteiger partial charge >= 0.3 is 0 Å². The third kappa shape index (κ3) is 5.78. The van der Waals surface area contributed by atoms with E-state index in [-0.39, 0.29) is 5.25 Å². The Hall–Kier alpha value is -0.210. The Labute approximate surface area is 103 Å². The molecule has 0 aromatic rings. The number of nitrogens with one attached hydrogen (secondary N) is 2. The van der Waals surface area contributed by atoms with E-state index in [0.717, 1.165) is 19.4 Å². The van der Waals surface area contributed by atoms with Gasteiger partial charge in [-0.05, 0) is 19.4 Å². The van der Waals surface area contributed by atoms with Crippen LogP contribution in [0, 0.1) is 0 Å². The summed E-state index contributed by atoms with van der Waals surface area (Å²) in [6, 6.07) is 0. The van der Waals surface area contributed by atoms with Crippen molar-refractivity contribution in [3.63, 3.8) is 0 Å². The average molecular weight is 266 g/mol. The molecule has 1 fully saturated rings. The predicted octanol–water partition coefficient (Wildman–Crippen LogP) is -0.679. The second kappa shape index (κ2) is 7.99. The van der Waals surface area contributed by atoms with Gasteiger partial charge in [-0.25, -0.2) is 13.1 Å². The molecular formula is C10H22N2O4S. The normalized spacial score (nSPS) is 21.6. The molecule has 2 N–H and O–H groups in total. The second-order valence-corrected chi connectivity index (χ2v) is 6.06. The van der Waals surface area contributed by atoms with Crippen molar-refractivity contribution in [1.29, 1.82) is 0 Å². The molecular weight excluding hydrogens is 244 g/mol. The molecule has 1 heterocycles. The molecule has 0 aromatic carbocycles. The van der Waals surface area contributed by atoms with Gasteiger partial charge in [-0.3, -0.25) is 0 Å². The Morgan fingerprint density at radius 3 is 2.82 bits per heavy atom. The first-order valence-corrected chi connectivity index (χ1v) is 7.47. The van der Waals surface area contributed by atoms with Crippen molar-refractivity contribution in [2.24, 2.45) is 0 Å². The number of ether oxygens (including phenoxy) is 2. The van der Waals surface area contributed by atoms with Crippen LogP contribution in [0.3, 0.4) is 0 Å². The quantitative estimate of drug-likeness (QED) is 0.569. The first-order valence-electron chi connectivity index (χ1n) is 5.92. The SMILES string of the molecule is COCCOCCNS(=O)(=O)C1CCCNC1. The molecule has 1 atom stereocenters. The lowest BCUT2D eigenvalue weighted by molar-refractivity contribution is 0.0736. The highest BCUT2D eigenvalue weighted by Gasteiger charge is 2.26. The molecule has 1 aliphatic heterocycles. The molecule has 1 unspecified atom stereocenters. The lowest BCUT2D eigenvalue weighted by Gasteiger charge is -2.22. The van der Waals surface area contributed by atoms with Crippen molar-refractivity contribution < 1.29 is 17.9 Å². The molecule has 1 saturated heterocycles. The molecule has 0 amide bonds. The molecule has 0 radical (unpaired) electrons. The molecule has 0 aromatic heterocycles. The number of piperidine rings is 1. The van der Waals surface area contributed by atoms with Gasteiger partial charge in [0.25, 0.3) is 0 Å². The van der Waals surface area contributed by atoms with Crippen LogP contribution >= 0.6 is 0 Å². The van der Waals surface area contributed by atoms with E-state index >= 15 is 0 Å². The van der Waals surface area contributed by atoms with Crippen LogP contribution in [0.5, 0.6) is 0 Å². The van der Waals surface area contributed by atoms with E-state index in [4.69, 9.17) is 9.47 Å². The van der Waals surface area contributed by atoms with Crippen molar-refractivity contribution in [3.05, 3.63) is 0 Å². The Morgan fingerprint density at radius 1 is 1.35 bits per heavy atom. The predicted molar refractivity (Wildman–Crippen MR) is 65.5 cm³/mol. The number of sulfonamides is 1. The Balaban J connectivity index is 2.15. The molecule has 1 rings (SSSR count). The van der Waals surface area contributed by atoms with Crippen LogP contribution in [-0.4, -0.2) is 60.2 Å². The first kappa shape index (κ1) is 14.8. The summed E-state index contributed by atoms with van der Waals surface area (Å²) in [5.41, 5.74) is 0. The highest BCUT2D eigenvalue weighted by molar-refractivity contribution is 7.90. The van der Waals surface area contributed by atoms with E-state index in [1.165, 1.54) is 0 Å². The molecule has 7 heteroatoms. The van der Waals surface area contributed by atoms with Gasteiger partial charge < -0.3 is 14.8 Å². The number of methoxy groups -OCH3 is 1. The van der Waals surface area contributed by atoms with Crippen molar-refractivity contribution in [1.82, 2.24) is 10.0 Å². The van der Waals surface area contributed by atoms with Gasteiger partial charge in [0.1, 0.15) is 0 Å². The largest absolute Gasteiger partial charge is 0.382 e. The summed E-state index contributed by atoms with van der Waals surface area (Å²) in [6.07, 6.45) is 1.64. The van der Waals surface area contributed by atoms with Crippen LogP contribution in [0.4, 0.5) is 0 Å². The van der Waals surface area contributed by atoms with E-state index < -0.39 is 10.0 Å². The van der Waals surface area contributed by atoms with Crippen LogP contribution < -0.4 is 10.0 Å². The van der Waals surface area contributed by atoms with Gasteiger partial charge in [0.2, 0.25) is 10.0 Å². The van der Waals surface area contributed by atoms with Crippen molar-refractivity contribution >= 4 is 10.0 Å². The zero-order valence-corrected chi connectivity index (χ0v) is 11.1. The maximum absolute atomic E-state index is 11.8. The first-order chi connectivity index (χ1) is 8.17. The highest BCUT2D eigenvalue weighted by atomic mass is 32.2. The standard InChI is InChI=1S/C10H22N2O4S/c1-15-7-8-16-6-5-12-17(13,14)10-3-2-4-11-9-10/h10-12H,2-9H2,1H3. The van der Waals surface area contributed by atoms with E-state index in [1.54, 1.807) is 7.11 Å². The van der Waals surface area contributed by atoms with E-state index in [0.29, 0.717) is 32.9 Å². The summed E-state index contributed by atoms with van der Waals surface area (Å²) < 4.78 is 36.3. The smallest absolute Gasteiger partial charge is 0.215 e. The lowest BCUT2D eigenvalue weighted by atomic mass is 10.2. The topological polar surface area (TPSA) is 76.7 Å². The van der Waals surface area contributed by atoms with E-state index in [1.807, 2.05) is 0 Å². The molecule has 102 valence electrons. The maximum Gasteiger partial charge on any atom is 0.215 e. The minimum Gasteiger partial charge on any atom is -0.382 e. The van der Waals surface area contributed by atoms with Crippen LogP contribution in [-0.2, 0) is 19.5 Å². The fourth-order valence-corrected chi connectivity index (χ4v) is 3.12. The van der Waals surface area contributed by atoms with Gasteiger partial charge in [-0.1, -0.05) is 0 Å². The van der Waals surface area contributed by atoms with Crippen LogP contribution in [0.25, 0.3) is 0 Å². The second-order valence-electron chi connectivity index (χ2n) is 4.01. The Kier molecular flexibility index (Phi) is 6.98. The van der Waals surface area contributed by atoms with Gasteiger partial charge in [-0.2, -0.15) is 0 Å². The van der Waals surface area contributed by atoms with Crippen molar-refractivity contribution in [2.75, 3.05) is 46.6 Å². The molecule has 0 spiro atoms. The number of hydrogen-bond acceptors (Lipinski definition) is 5. The van der Waals surface area contributed by atoms with Crippen molar-refractivity contribution in [2.45, 2.75) is 18.1 Å². The number of hydrogen-bond donors (Lipinski definition) is 2. The van der Waals surface area contributed by atoms with E-state index in [9.17, 15) is 8.42 Å². The molecule has 6 nitrogen and oxygen atoms in total. The van der Waals surface area contributed by atoms with Gasteiger partial charge in [-0.15, -0.1) is 0 Å². The lowest BCUT2D eigenvalue weighted by Crippen LogP contribution is -2.45. The zero-order chi connectivity index (χ0) is 12.6. The average Bonchev–Trinajstić information content (AvgIpc) is 2.35. The Bertz CT molecular complexity index is 289. The minimum absolute atomic E-state index is 0.310. The third-order valence-corrected chi connectivity index (χ3v) is 4.56. The summed E-state index contributed by atoms with van der Waals surface area (Å²) in [5.74, 6) is 0. The van der Waals surface area contributed by atoms with E-state index in [2.05, 4.69) is 10.0 Å². The molecule has 0 aliphatic carbocycles.